The lowest BCUT2D eigenvalue weighted by Crippen LogP contribution is -2.29. The number of hydrogen-bond acceptors (Lipinski definition) is 3. The average molecular weight is 307 g/mol. The van der Waals surface area contributed by atoms with Crippen molar-refractivity contribution in [3.8, 4) is 0 Å². The van der Waals surface area contributed by atoms with Crippen molar-refractivity contribution in [3.63, 3.8) is 0 Å². The van der Waals surface area contributed by atoms with Crippen LogP contribution >= 0.6 is 0 Å². The molecule has 1 aliphatic heterocycles. The molecule has 1 fully saturated rings. The number of para-hydroxylation sites is 1. The first-order valence-corrected chi connectivity index (χ1v) is 7.82. The first-order valence-electron chi connectivity index (χ1n) is 7.82. The standard InChI is InChI=1S/C11H11NO2.C3H6O.2C2H6/c1-8-7-10(13)12(11(8)14)9-5-3-2-4-6-9;1-3(2)4;2*1-2/h2-6,8H,7H2,1H3;1-2H3;2*1-2H3. The summed E-state index contributed by atoms with van der Waals surface area (Å²) in [6, 6.07) is 9.04. The summed E-state index contributed by atoms with van der Waals surface area (Å²) in [5.74, 6) is -0.211. The van der Waals surface area contributed by atoms with Gasteiger partial charge in [-0.25, -0.2) is 0 Å². The Morgan fingerprint density at radius 3 is 1.73 bits per heavy atom. The quantitative estimate of drug-likeness (QED) is 0.729. The molecule has 1 aromatic carbocycles. The molecule has 0 aromatic heterocycles. The van der Waals surface area contributed by atoms with E-state index in [9.17, 15) is 14.4 Å². The molecule has 1 saturated heterocycles. The van der Waals surface area contributed by atoms with Gasteiger partial charge in [0.15, 0.2) is 0 Å². The number of anilines is 1. The van der Waals surface area contributed by atoms with Crippen LogP contribution in [0.4, 0.5) is 5.69 Å². The van der Waals surface area contributed by atoms with Crippen LogP contribution in [-0.2, 0) is 14.4 Å². The number of amides is 2. The first-order chi connectivity index (χ1) is 10.4. The minimum atomic E-state index is -0.178. The Bertz CT molecular complexity index is 451. The third-order valence-corrected chi connectivity index (χ3v) is 2.39. The molecule has 1 atom stereocenters. The summed E-state index contributed by atoms with van der Waals surface area (Å²) in [5.41, 5.74) is 0.673. The molecular weight excluding hydrogens is 278 g/mol. The van der Waals surface area contributed by atoms with E-state index in [1.54, 1.807) is 19.1 Å². The molecule has 1 aliphatic rings. The number of carbonyl (C=O) groups excluding carboxylic acids is 3. The number of Topliss-reactive ketones (excluding diaryl/α,β-unsaturated/α-hetero) is 1. The average Bonchev–Trinajstić information content (AvgIpc) is 2.77. The topological polar surface area (TPSA) is 54.5 Å². The van der Waals surface area contributed by atoms with Crippen molar-refractivity contribution in [1.29, 1.82) is 0 Å². The molecule has 0 N–H and O–H groups in total. The summed E-state index contributed by atoms with van der Waals surface area (Å²) < 4.78 is 0. The molecule has 22 heavy (non-hydrogen) atoms. The van der Waals surface area contributed by atoms with Gasteiger partial charge in [0.05, 0.1) is 5.69 Å². The van der Waals surface area contributed by atoms with Crippen LogP contribution in [0.5, 0.6) is 0 Å². The zero-order valence-corrected chi connectivity index (χ0v) is 14.8. The minimum absolute atomic E-state index is 0.0961. The predicted molar refractivity (Wildman–Crippen MR) is 91.8 cm³/mol. The van der Waals surface area contributed by atoms with E-state index in [4.69, 9.17) is 0 Å². The number of carbonyl (C=O) groups is 3. The van der Waals surface area contributed by atoms with Gasteiger partial charge in [-0.3, -0.25) is 14.5 Å². The maximum Gasteiger partial charge on any atom is 0.237 e. The summed E-state index contributed by atoms with van der Waals surface area (Å²) in [7, 11) is 0. The fourth-order valence-corrected chi connectivity index (χ4v) is 1.63. The summed E-state index contributed by atoms with van der Waals surface area (Å²) >= 11 is 0. The SMILES string of the molecule is CC.CC.CC(C)=O.CC1CC(=O)N(c2ccccc2)C1=O. The van der Waals surface area contributed by atoms with Crippen molar-refractivity contribution in [2.24, 2.45) is 5.92 Å². The highest BCUT2D eigenvalue weighted by Gasteiger charge is 2.36. The van der Waals surface area contributed by atoms with Gasteiger partial charge in [-0.05, 0) is 26.0 Å². The van der Waals surface area contributed by atoms with Crippen molar-refractivity contribution < 1.29 is 14.4 Å². The maximum atomic E-state index is 11.6. The largest absolute Gasteiger partial charge is 0.300 e. The van der Waals surface area contributed by atoms with Crippen LogP contribution in [-0.4, -0.2) is 17.6 Å². The number of benzene rings is 1. The van der Waals surface area contributed by atoms with Gasteiger partial charge < -0.3 is 4.79 Å². The fourth-order valence-electron chi connectivity index (χ4n) is 1.63. The number of imide groups is 1. The summed E-state index contributed by atoms with van der Waals surface area (Å²) in [6.45, 7) is 12.8. The van der Waals surface area contributed by atoms with Crippen LogP contribution in [0.25, 0.3) is 0 Å². The number of ketones is 1. The van der Waals surface area contributed by atoms with E-state index in [0.29, 0.717) is 12.1 Å². The summed E-state index contributed by atoms with van der Waals surface area (Å²) in [4.78, 5) is 33.8. The third-order valence-electron chi connectivity index (χ3n) is 2.39. The highest BCUT2D eigenvalue weighted by Crippen LogP contribution is 2.25. The Morgan fingerprint density at radius 1 is 1.00 bits per heavy atom. The van der Waals surface area contributed by atoms with E-state index in [0.717, 1.165) is 0 Å². The Balaban J connectivity index is 0. The van der Waals surface area contributed by atoms with Gasteiger partial charge in [0, 0.05) is 12.3 Å². The van der Waals surface area contributed by atoms with Crippen molar-refractivity contribution in [2.75, 3.05) is 4.90 Å². The summed E-state index contributed by atoms with van der Waals surface area (Å²) in [5, 5.41) is 0. The maximum absolute atomic E-state index is 11.6. The van der Waals surface area contributed by atoms with E-state index in [1.807, 2.05) is 45.9 Å². The second-order valence-corrected chi connectivity index (χ2v) is 4.42. The van der Waals surface area contributed by atoms with E-state index >= 15 is 0 Å². The normalized spacial score (nSPS) is 15.6. The van der Waals surface area contributed by atoms with Crippen molar-refractivity contribution in [1.82, 2.24) is 0 Å². The monoisotopic (exact) mass is 307 g/mol. The van der Waals surface area contributed by atoms with E-state index in [2.05, 4.69) is 0 Å². The van der Waals surface area contributed by atoms with Gasteiger partial charge >= 0.3 is 0 Å². The highest BCUT2D eigenvalue weighted by atomic mass is 16.2. The molecule has 0 bridgehead atoms. The summed E-state index contributed by atoms with van der Waals surface area (Å²) in [6.07, 6.45) is 0.327. The Morgan fingerprint density at radius 2 is 1.41 bits per heavy atom. The second-order valence-electron chi connectivity index (χ2n) is 4.42. The zero-order chi connectivity index (χ0) is 17.7. The highest BCUT2D eigenvalue weighted by molar-refractivity contribution is 6.20. The Labute approximate surface area is 134 Å². The molecule has 1 aromatic rings. The molecule has 124 valence electrons. The molecule has 1 heterocycles. The smallest absolute Gasteiger partial charge is 0.237 e. The van der Waals surface area contributed by atoms with Gasteiger partial charge in [-0.15, -0.1) is 0 Å². The number of hydrogen-bond donors (Lipinski definition) is 0. The predicted octanol–water partition coefficient (Wildman–Crippen LogP) is 4.23. The zero-order valence-electron chi connectivity index (χ0n) is 14.8. The van der Waals surface area contributed by atoms with Crippen LogP contribution in [0.3, 0.4) is 0 Å². The molecule has 2 rings (SSSR count). The van der Waals surface area contributed by atoms with Crippen molar-refractivity contribution in [2.45, 2.75) is 54.9 Å². The Hall–Kier alpha value is -1.97. The number of nitrogens with zero attached hydrogens (tertiary/aromatic N) is 1. The fraction of sp³-hybridized carbons (Fsp3) is 0.500. The van der Waals surface area contributed by atoms with E-state index < -0.39 is 0 Å². The van der Waals surface area contributed by atoms with Gasteiger partial charge in [-0.1, -0.05) is 52.8 Å². The molecule has 0 saturated carbocycles. The molecule has 1 unspecified atom stereocenters. The minimum Gasteiger partial charge on any atom is -0.300 e. The molecule has 4 heteroatoms. The molecular formula is C18H29NO3. The van der Waals surface area contributed by atoms with Crippen LogP contribution in [0, 0.1) is 5.92 Å². The van der Waals surface area contributed by atoms with E-state index in [-0.39, 0.29) is 23.5 Å². The lowest BCUT2D eigenvalue weighted by Gasteiger charge is -2.13. The lowest BCUT2D eigenvalue weighted by atomic mass is 10.1. The van der Waals surface area contributed by atoms with Gasteiger partial charge in [0.25, 0.3) is 0 Å². The molecule has 4 nitrogen and oxygen atoms in total. The molecule has 0 radical (unpaired) electrons. The Kier molecular flexibility index (Phi) is 12.9. The third kappa shape index (κ3) is 7.72. The van der Waals surface area contributed by atoms with Gasteiger partial charge in [0.2, 0.25) is 11.8 Å². The van der Waals surface area contributed by atoms with Crippen molar-refractivity contribution >= 4 is 23.3 Å². The lowest BCUT2D eigenvalue weighted by molar-refractivity contribution is -0.122. The molecule has 2 amide bonds. The van der Waals surface area contributed by atoms with E-state index in [1.165, 1.54) is 18.7 Å². The first kappa shape index (κ1) is 22.3. The van der Waals surface area contributed by atoms with Crippen LogP contribution < -0.4 is 4.90 Å². The van der Waals surface area contributed by atoms with Gasteiger partial charge in [0.1, 0.15) is 5.78 Å². The van der Waals surface area contributed by atoms with Crippen LogP contribution in [0.1, 0.15) is 54.9 Å². The van der Waals surface area contributed by atoms with Crippen LogP contribution in [0.15, 0.2) is 30.3 Å². The van der Waals surface area contributed by atoms with Crippen LogP contribution in [0.2, 0.25) is 0 Å². The number of rotatable bonds is 1. The molecule has 0 aliphatic carbocycles. The molecule has 0 spiro atoms. The van der Waals surface area contributed by atoms with Crippen molar-refractivity contribution in [3.05, 3.63) is 30.3 Å². The van der Waals surface area contributed by atoms with Gasteiger partial charge in [-0.2, -0.15) is 0 Å². The second kappa shape index (κ2) is 12.7.